The van der Waals surface area contributed by atoms with Crippen LogP contribution in [0.2, 0.25) is 0 Å². The minimum atomic E-state index is -0.152. The van der Waals surface area contributed by atoms with Gasteiger partial charge in [-0.1, -0.05) is 30.3 Å². The summed E-state index contributed by atoms with van der Waals surface area (Å²) >= 11 is 0. The first kappa shape index (κ1) is 13.0. The summed E-state index contributed by atoms with van der Waals surface area (Å²) in [4.78, 5) is 16.6. The Morgan fingerprint density at radius 3 is 2.58 bits per heavy atom. The van der Waals surface area contributed by atoms with Crippen molar-refractivity contribution < 1.29 is 4.79 Å². The number of hydrogen-bond donors (Lipinski definition) is 1. The monoisotopic (exact) mass is 253 g/mol. The highest BCUT2D eigenvalue weighted by Crippen LogP contribution is 2.11. The molecule has 0 aliphatic heterocycles. The Balaban J connectivity index is 2.28. The molecule has 0 radical (unpaired) electrons. The predicted molar refractivity (Wildman–Crippen MR) is 75.7 cm³/mol. The van der Waals surface area contributed by atoms with Crippen LogP contribution in [0, 0.1) is 0 Å². The van der Waals surface area contributed by atoms with Crippen LogP contribution in [0.3, 0.4) is 0 Å². The van der Waals surface area contributed by atoms with Crippen molar-refractivity contribution in [3.63, 3.8) is 0 Å². The van der Waals surface area contributed by atoms with E-state index in [4.69, 9.17) is 0 Å². The highest BCUT2D eigenvalue weighted by molar-refractivity contribution is 6.04. The number of nitrogens with zero attached hydrogens (tertiary/aromatic N) is 2. The number of anilines is 1. The maximum Gasteiger partial charge on any atom is 0.274 e. The van der Waals surface area contributed by atoms with Gasteiger partial charge < -0.3 is 0 Å². The molecule has 2 aromatic rings. The standard InChI is InChI=1S/C15H15N3O/c1-2-11-17-18(14-10-6-7-12-16-14)15(19)13-8-4-3-5-9-13/h2-10,12,17H,1,11H2. The zero-order valence-electron chi connectivity index (χ0n) is 10.5. The van der Waals surface area contributed by atoms with Crippen molar-refractivity contribution in [3.05, 3.63) is 72.9 Å². The highest BCUT2D eigenvalue weighted by Gasteiger charge is 2.17. The van der Waals surface area contributed by atoms with Gasteiger partial charge in [-0.3, -0.25) is 4.79 Å². The molecule has 0 fully saturated rings. The minimum absolute atomic E-state index is 0.152. The Hall–Kier alpha value is -2.46. The number of hydrogen-bond acceptors (Lipinski definition) is 3. The molecule has 96 valence electrons. The third-order valence-corrected chi connectivity index (χ3v) is 2.50. The number of rotatable bonds is 5. The van der Waals surface area contributed by atoms with E-state index < -0.39 is 0 Å². The van der Waals surface area contributed by atoms with E-state index in [-0.39, 0.29) is 5.91 Å². The van der Waals surface area contributed by atoms with Crippen LogP contribution in [0.1, 0.15) is 10.4 Å². The van der Waals surface area contributed by atoms with Gasteiger partial charge in [0.1, 0.15) is 5.82 Å². The molecule has 1 N–H and O–H groups in total. The van der Waals surface area contributed by atoms with E-state index in [0.29, 0.717) is 17.9 Å². The lowest BCUT2D eigenvalue weighted by Gasteiger charge is -2.21. The normalized spacial score (nSPS) is 9.89. The predicted octanol–water partition coefficient (Wildman–Crippen LogP) is 2.42. The topological polar surface area (TPSA) is 45.2 Å². The molecule has 1 amide bonds. The lowest BCUT2D eigenvalue weighted by Crippen LogP contribution is -2.43. The summed E-state index contributed by atoms with van der Waals surface area (Å²) in [5.74, 6) is 0.402. The summed E-state index contributed by atoms with van der Waals surface area (Å²) in [6.07, 6.45) is 3.34. The molecule has 1 heterocycles. The van der Waals surface area contributed by atoms with Gasteiger partial charge in [0, 0.05) is 18.3 Å². The smallest absolute Gasteiger partial charge is 0.267 e. The van der Waals surface area contributed by atoms with Gasteiger partial charge in [0.15, 0.2) is 0 Å². The summed E-state index contributed by atoms with van der Waals surface area (Å²) < 4.78 is 0. The van der Waals surface area contributed by atoms with Gasteiger partial charge in [-0.2, -0.15) is 0 Å². The van der Waals surface area contributed by atoms with Crippen LogP contribution in [0.25, 0.3) is 0 Å². The van der Waals surface area contributed by atoms with E-state index in [2.05, 4.69) is 17.0 Å². The number of carbonyl (C=O) groups excluding carboxylic acids is 1. The van der Waals surface area contributed by atoms with E-state index in [1.807, 2.05) is 30.3 Å². The summed E-state index contributed by atoms with van der Waals surface area (Å²) in [5.41, 5.74) is 3.59. The highest BCUT2D eigenvalue weighted by atomic mass is 16.2. The second-order valence-corrected chi connectivity index (χ2v) is 3.85. The number of hydrazine groups is 1. The Morgan fingerprint density at radius 1 is 1.21 bits per heavy atom. The molecule has 19 heavy (non-hydrogen) atoms. The first-order valence-electron chi connectivity index (χ1n) is 5.98. The average molecular weight is 253 g/mol. The molecule has 1 aromatic carbocycles. The Kier molecular flexibility index (Phi) is 4.42. The quantitative estimate of drug-likeness (QED) is 0.657. The van der Waals surface area contributed by atoms with Crippen LogP contribution >= 0.6 is 0 Å². The fourth-order valence-corrected chi connectivity index (χ4v) is 1.61. The van der Waals surface area contributed by atoms with E-state index in [1.54, 1.807) is 30.5 Å². The Labute approximate surface area is 112 Å². The number of nitrogens with one attached hydrogen (secondary N) is 1. The van der Waals surface area contributed by atoms with Crippen molar-refractivity contribution in [2.75, 3.05) is 11.6 Å². The summed E-state index contributed by atoms with van der Waals surface area (Å²) in [7, 11) is 0. The summed E-state index contributed by atoms with van der Waals surface area (Å²) in [5, 5.41) is 1.43. The zero-order valence-corrected chi connectivity index (χ0v) is 10.5. The molecule has 0 saturated heterocycles. The molecule has 0 saturated carbocycles. The van der Waals surface area contributed by atoms with Gasteiger partial charge in [0.05, 0.1) is 0 Å². The molecule has 0 aliphatic carbocycles. The molecule has 4 heteroatoms. The molecule has 2 rings (SSSR count). The van der Waals surface area contributed by atoms with Crippen LogP contribution in [0.4, 0.5) is 5.82 Å². The molecule has 0 unspecified atom stereocenters. The third kappa shape index (κ3) is 3.26. The third-order valence-electron chi connectivity index (χ3n) is 2.50. The van der Waals surface area contributed by atoms with Crippen LogP contribution in [0.5, 0.6) is 0 Å². The van der Waals surface area contributed by atoms with E-state index in [1.165, 1.54) is 5.01 Å². The van der Waals surface area contributed by atoms with Gasteiger partial charge in [-0.25, -0.2) is 15.4 Å². The molecule has 0 spiro atoms. The van der Waals surface area contributed by atoms with Crippen molar-refractivity contribution in [2.45, 2.75) is 0 Å². The van der Waals surface area contributed by atoms with Gasteiger partial charge in [-0.15, -0.1) is 6.58 Å². The molecule has 0 atom stereocenters. The molecular formula is C15H15N3O. The summed E-state index contributed by atoms with van der Waals surface area (Å²) in [6.45, 7) is 4.12. The second-order valence-electron chi connectivity index (χ2n) is 3.85. The number of carbonyl (C=O) groups is 1. The fraction of sp³-hybridized carbons (Fsp3) is 0.0667. The van der Waals surface area contributed by atoms with Gasteiger partial charge in [-0.05, 0) is 24.3 Å². The molecular weight excluding hydrogens is 238 g/mol. The van der Waals surface area contributed by atoms with Crippen molar-refractivity contribution in [3.8, 4) is 0 Å². The van der Waals surface area contributed by atoms with Crippen LogP contribution in [0.15, 0.2) is 67.4 Å². The van der Waals surface area contributed by atoms with Crippen LogP contribution in [-0.4, -0.2) is 17.4 Å². The second kappa shape index (κ2) is 6.47. The first-order valence-corrected chi connectivity index (χ1v) is 5.98. The van der Waals surface area contributed by atoms with Gasteiger partial charge >= 0.3 is 0 Å². The molecule has 0 bridgehead atoms. The van der Waals surface area contributed by atoms with Crippen molar-refractivity contribution >= 4 is 11.7 Å². The van der Waals surface area contributed by atoms with Crippen LogP contribution in [-0.2, 0) is 0 Å². The van der Waals surface area contributed by atoms with Crippen LogP contribution < -0.4 is 10.4 Å². The number of pyridine rings is 1. The lowest BCUT2D eigenvalue weighted by atomic mass is 10.2. The number of amides is 1. The maximum absolute atomic E-state index is 12.4. The molecule has 0 aliphatic rings. The lowest BCUT2D eigenvalue weighted by molar-refractivity contribution is 0.0974. The van der Waals surface area contributed by atoms with Gasteiger partial charge in [0.25, 0.3) is 5.91 Å². The maximum atomic E-state index is 12.4. The van der Waals surface area contributed by atoms with E-state index in [0.717, 1.165) is 0 Å². The number of aromatic nitrogens is 1. The Morgan fingerprint density at radius 2 is 1.95 bits per heavy atom. The van der Waals surface area contributed by atoms with Crippen molar-refractivity contribution in [1.82, 2.24) is 10.4 Å². The largest absolute Gasteiger partial charge is 0.274 e. The SMILES string of the molecule is C=CCNN(C(=O)c1ccccc1)c1ccccn1. The number of benzene rings is 1. The Bertz CT molecular complexity index is 540. The van der Waals surface area contributed by atoms with E-state index in [9.17, 15) is 4.79 Å². The van der Waals surface area contributed by atoms with Gasteiger partial charge in [0.2, 0.25) is 0 Å². The van der Waals surface area contributed by atoms with Crippen molar-refractivity contribution in [1.29, 1.82) is 0 Å². The van der Waals surface area contributed by atoms with Crippen molar-refractivity contribution in [2.24, 2.45) is 0 Å². The molecule has 1 aromatic heterocycles. The minimum Gasteiger partial charge on any atom is -0.267 e. The average Bonchev–Trinajstić information content (AvgIpc) is 2.49. The fourth-order valence-electron chi connectivity index (χ4n) is 1.61. The summed E-state index contributed by atoms with van der Waals surface area (Å²) in [6, 6.07) is 14.5. The first-order chi connectivity index (χ1) is 9.33. The van der Waals surface area contributed by atoms with E-state index >= 15 is 0 Å². The zero-order chi connectivity index (χ0) is 13.5. The molecule has 4 nitrogen and oxygen atoms in total.